The fourth-order valence-electron chi connectivity index (χ4n) is 1.69. The highest BCUT2D eigenvalue weighted by atomic mass is 16.6. The van der Waals surface area contributed by atoms with Gasteiger partial charge in [-0.2, -0.15) is 0 Å². The minimum atomic E-state index is -0.478. The molecule has 0 atom stereocenters. The molecular weight excluding hydrogens is 234 g/mol. The van der Waals surface area contributed by atoms with E-state index in [1.807, 2.05) is 20.8 Å². The normalized spacial score (nSPS) is 16.5. The monoisotopic (exact) mass is 257 g/mol. The largest absolute Gasteiger partial charge is 0.444 e. The number of hydrogen-bond acceptors (Lipinski definition) is 3. The Labute approximate surface area is 108 Å². The third kappa shape index (κ3) is 4.09. The summed E-state index contributed by atoms with van der Waals surface area (Å²) in [5.41, 5.74) is -0.478. The molecule has 0 unspecified atom stereocenters. The first-order chi connectivity index (χ1) is 8.20. The first-order valence-corrected chi connectivity index (χ1v) is 6.15. The fourth-order valence-corrected chi connectivity index (χ4v) is 1.69. The average molecular weight is 257 g/mol. The predicted octanol–water partition coefficient (Wildman–Crippen LogP) is 1.22. The zero-order valence-corrected chi connectivity index (χ0v) is 11.9. The van der Waals surface area contributed by atoms with Gasteiger partial charge in [-0.25, -0.2) is 9.59 Å². The highest BCUT2D eigenvalue weighted by molar-refractivity contribution is 5.74. The van der Waals surface area contributed by atoms with Gasteiger partial charge in [0.2, 0.25) is 0 Å². The number of hydrogen-bond donors (Lipinski definition) is 0. The molecule has 3 amide bonds. The van der Waals surface area contributed by atoms with Crippen LogP contribution in [0.2, 0.25) is 0 Å². The van der Waals surface area contributed by atoms with Crippen molar-refractivity contribution in [3.63, 3.8) is 0 Å². The van der Waals surface area contributed by atoms with Crippen molar-refractivity contribution in [2.45, 2.75) is 26.4 Å². The number of carbonyl (C=O) groups is 2. The molecule has 0 spiro atoms. The van der Waals surface area contributed by atoms with Crippen molar-refractivity contribution < 1.29 is 14.3 Å². The Morgan fingerprint density at radius 3 is 1.83 bits per heavy atom. The topological polar surface area (TPSA) is 53.1 Å². The summed E-state index contributed by atoms with van der Waals surface area (Å²) in [6.45, 7) is 7.68. The Kier molecular flexibility index (Phi) is 4.43. The van der Waals surface area contributed by atoms with E-state index in [2.05, 4.69) is 0 Å². The highest BCUT2D eigenvalue weighted by Crippen LogP contribution is 2.12. The van der Waals surface area contributed by atoms with Crippen LogP contribution >= 0.6 is 0 Å². The van der Waals surface area contributed by atoms with Gasteiger partial charge in [-0.1, -0.05) is 0 Å². The van der Waals surface area contributed by atoms with Crippen molar-refractivity contribution in [3.8, 4) is 0 Å². The van der Waals surface area contributed by atoms with Crippen LogP contribution in [0.3, 0.4) is 0 Å². The second-order valence-corrected chi connectivity index (χ2v) is 5.63. The van der Waals surface area contributed by atoms with Crippen LogP contribution in [0.1, 0.15) is 20.8 Å². The second-order valence-electron chi connectivity index (χ2n) is 5.63. The molecule has 0 aliphatic carbocycles. The Hall–Kier alpha value is -1.46. The van der Waals surface area contributed by atoms with Crippen molar-refractivity contribution >= 4 is 12.1 Å². The SMILES string of the molecule is CN(C)C(=O)N1CCN(C(=O)OC(C)(C)C)CC1. The van der Waals surface area contributed by atoms with Crippen molar-refractivity contribution in [3.05, 3.63) is 0 Å². The van der Waals surface area contributed by atoms with E-state index in [0.717, 1.165) is 0 Å². The molecule has 0 aromatic rings. The van der Waals surface area contributed by atoms with Crippen molar-refractivity contribution in [2.75, 3.05) is 40.3 Å². The van der Waals surface area contributed by atoms with Gasteiger partial charge < -0.3 is 19.4 Å². The molecule has 0 aromatic carbocycles. The molecule has 0 N–H and O–H groups in total. The summed E-state index contributed by atoms with van der Waals surface area (Å²) in [6, 6.07) is -0.0150. The van der Waals surface area contributed by atoms with Crippen molar-refractivity contribution in [1.29, 1.82) is 0 Å². The summed E-state index contributed by atoms with van der Waals surface area (Å²) in [7, 11) is 3.45. The molecule has 104 valence electrons. The van der Waals surface area contributed by atoms with Gasteiger partial charge in [0.25, 0.3) is 0 Å². The second kappa shape index (κ2) is 5.46. The van der Waals surface area contributed by atoms with Crippen molar-refractivity contribution in [2.24, 2.45) is 0 Å². The van der Waals surface area contributed by atoms with E-state index in [-0.39, 0.29) is 12.1 Å². The van der Waals surface area contributed by atoms with Crippen LogP contribution in [0.15, 0.2) is 0 Å². The van der Waals surface area contributed by atoms with Crippen molar-refractivity contribution in [1.82, 2.24) is 14.7 Å². The number of ether oxygens (including phenoxy) is 1. The Morgan fingerprint density at radius 2 is 1.44 bits per heavy atom. The Morgan fingerprint density at radius 1 is 1.00 bits per heavy atom. The van der Waals surface area contributed by atoms with Gasteiger partial charge in [-0.15, -0.1) is 0 Å². The standard InChI is InChI=1S/C12H23N3O3/c1-12(2,3)18-11(17)15-8-6-14(7-9-15)10(16)13(4)5/h6-9H2,1-5H3. The molecular formula is C12H23N3O3. The predicted molar refractivity (Wildman–Crippen MR) is 68.5 cm³/mol. The maximum absolute atomic E-state index is 11.8. The molecule has 1 saturated heterocycles. The zero-order valence-electron chi connectivity index (χ0n) is 11.9. The molecule has 1 aliphatic rings. The summed E-state index contributed by atoms with van der Waals surface area (Å²) < 4.78 is 5.29. The Balaban J connectivity index is 2.44. The number of rotatable bonds is 0. The third-order valence-corrected chi connectivity index (χ3v) is 2.58. The Bertz CT molecular complexity index is 315. The van der Waals surface area contributed by atoms with E-state index >= 15 is 0 Å². The first-order valence-electron chi connectivity index (χ1n) is 6.15. The van der Waals surface area contributed by atoms with Gasteiger partial charge in [0.05, 0.1) is 0 Å². The zero-order chi connectivity index (χ0) is 13.9. The molecule has 1 fully saturated rings. The molecule has 0 aromatic heterocycles. The van der Waals surface area contributed by atoms with Crippen LogP contribution in [-0.2, 0) is 4.74 Å². The van der Waals surface area contributed by atoms with Crippen LogP contribution in [0.25, 0.3) is 0 Å². The maximum Gasteiger partial charge on any atom is 0.410 e. The van der Waals surface area contributed by atoms with Gasteiger partial charge in [0, 0.05) is 40.3 Å². The van der Waals surface area contributed by atoms with Crippen LogP contribution < -0.4 is 0 Å². The van der Waals surface area contributed by atoms with Gasteiger partial charge >= 0.3 is 12.1 Å². The van der Waals surface area contributed by atoms with Crippen LogP contribution in [0.5, 0.6) is 0 Å². The summed E-state index contributed by atoms with van der Waals surface area (Å²) in [4.78, 5) is 28.5. The minimum Gasteiger partial charge on any atom is -0.444 e. The molecule has 18 heavy (non-hydrogen) atoms. The lowest BCUT2D eigenvalue weighted by Crippen LogP contribution is -2.53. The smallest absolute Gasteiger partial charge is 0.410 e. The van der Waals surface area contributed by atoms with E-state index in [0.29, 0.717) is 26.2 Å². The van der Waals surface area contributed by atoms with E-state index in [1.165, 1.54) is 0 Å². The van der Waals surface area contributed by atoms with Crippen LogP contribution in [0.4, 0.5) is 9.59 Å². The molecule has 6 nitrogen and oxygen atoms in total. The van der Waals surface area contributed by atoms with Gasteiger partial charge in [0.1, 0.15) is 5.60 Å². The lowest BCUT2D eigenvalue weighted by molar-refractivity contribution is 0.0162. The molecule has 1 heterocycles. The third-order valence-electron chi connectivity index (χ3n) is 2.58. The molecule has 1 rings (SSSR count). The van der Waals surface area contributed by atoms with Crippen LogP contribution in [0, 0.1) is 0 Å². The summed E-state index contributed by atoms with van der Waals surface area (Å²) in [5, 5.41) is 0. The lowest BCUT2D eigenvalue weighted by atomic mass is 10.2. The minimum absolute atomic E-state index is 0.0150. The lowest BCUT2D eigenvalue weighted by Gasteiger charge is -2.36. The molecule has 0 bridgehead atoms. The number of carbonyl (C=O) groups excluding carboxylic acids is 2. The molecule has 0 radical (unpaired) electrons. The van der Waals surface area contributed by atoms with Crippen LogP contribution in [-0.4, -0.2) is 72.7 Å². The molecule has 6 heteroatoms. The first kappa shape index (κ1) is 14.6. The quantitative estimate of drug-likeness (QED) is 0.655. The average Bonchev–Trinajstić information content (AvgIpc) is 2.26. The fraction of sp³-hybridized carbons (Fsp3) is 0.833. The maximum atomic E-state index is 11.8. The number of nitrogens with zero attached hydrogens (tertiary/aromatic N) is 3. The summed E-state index contributed by atoms with van der Waals surface area (Å²) >= 11 is 0. The summed E-state index contributed by atoms with van der Waals surface area (Å²) in [6.07, 6.45) is -0.306. The summed E-state index contributed by atoms with van der Waals surface area (Å²) in [5.74, 6) is 0. The highest BCUT2D eigenvalue weighted by Gasteiger charge is 2.27. The molecule has 0 saturated carbocycles. The molecule has 1 aliphatic heterocycles. The van der Waals surface area contributed by atoms with E-state index in [1.54, 1.807) is 28.8 Å². The van der Waals surface area contributed by atoms with Gasteiger partial charge in [-0.05, 0) is 20.8 Å². The van der Waals surface area contributed by atoms with E-state index in [9.17, 15) is 9.59 Å². The van der Waals surface area contributed by atoms with E-state index in [4.69, 9.17) is 4.74 Å². The number of piperazine rings is 1. The van der Waals surface area contributed by atoms with E-state index < -0.39 is 5.60 Å². The number of amides is 3. The number of urea groups is 1. The van der Waals surface area contributed by atoms with Gasteiger partial charge in [-0.3, -0.25) is 0 Å². The van der Waals surface area contributed by atoms with Gasteiger partial charge in [0.15, 0.2) is 0 Å².